The van der Waals surface area contributed by atoms with E-state index in [1.807, 2.05) is 11.0 Å². The maximum Gasteiger partial charge on any atom is 0.387 e. The zero-order valence-corrected chi connectivity index (χ0v) is 15.0. The Morgan fingerprint density at radius 1 is 1.21 bits per heavy atom. The molecule has 28 heavy (non-hydrogen) atoms. The van der Waals surface area contributed by atoms with Gasteiger partial charge in [-0.2, -0.15) is 8.78 Å². The minimum absolute atomic E-state index is 0.0650. The van der Waals surface area contributed by atoms with Crippen LogP contribution in [-0.2, 0) is 0 Å². The second-order valence-electron chi connectivity index (χ2n) is 6.17. The van der Waals surface area contributed by atoms with Crippen molar-refractivity contribution in [2.75, 3.05) is 23.3 Å². The normalized spacial score (nSPS) is 14.4. The van der Waals surface area contributed by atoms with Crippen molar-refractivity contribution < 1.29 is 17.9 Å². The maximum atomic E-state index is 14.5. The standard InChI is InChI=1S/C17H14ClF3N6O/c18-13-11(28-17(20)21)3-1-9(14(13)19)25-16-15-10(23-7-24-16)2-4-12(26-15)27-5-8(22)6-27/h1-4,7-8,17H,5-6,22H2,(H,23,24,25). The van der Waals surface area contributed by atoms with E-state index < -0.39 is 23.2 Å². The van der Waals surface area contributed by atoms with Crippen LogP contribution in [0.15, 0.2) is 30.6 Å². The molecule has 146 valence electrons. The van der Waals surface area contributed by atoms with Crippen LogP contribution in [0.2, 0.25) is 5.02 Å². The summed E-state index contributed by atoms with van der Waals surface area (Å²) in [5.74, 6) is -0.460. The summed E-state index contributed by atoms with van der Waals surface area (Å²) in [6.07, 6.45) is 1.30. The number of ether oxygens (including phenoxy) is 1. The molecule has 0 unspecified atom stereocenters. The SMILES string of the molecule is NC1CN(c2ccc3ncnc(Nc4ccc(OC(F)F)c(Cl)c4F)c3n2)C1. The molecule has 11 heteroatoms. The van der Waals surface area contributed by atoms with Crippen molar-refractivity contribution in [3.05, 3.63) is 41.4 Å². The minimum Gasteiger partial charge on any atom is -0.433 e. The molecule has 0 spiro atoms. The number of fused-ring (bicyclic) bond motifs is 1. The molecule has 1 aromatic carbocycles. The zero-order chi connectivity index (χ0) is 19.8. The number of rotatable bonds is 5. The Balaban J connectivity index is 1.68. The van der Waals surface area contributed by atoms with Gasteiger partial charge in [-0.25, -0.2) is 19.3 Å². The van der Waals surface area contributed by atoms with E-state index in [0.717, 1.165) is 6.07 Å². The molecule has 4 rings (SSSR count). The van der Waals surface area contributed by atoms with Gasteiger partial charge in [-0.1, -0.05) is 11.6 Å². The quantitative estimate of drug-likeness (QED) is 0.667. The van der Waals surface area contributed by atoms with Crippen LogP contribution in [0, 0.1) is 5.82 Å². The summed E-state index contributed by atoms with van der Waals surface area (Å²) in [6.45, 7) is -1.74. The number of alkyl halides is 2. The fourth-order valence-corrected chi connectivity index (χ4v) is 3.05. The molecule has 0 saturated carbocycles. The van der Waals surface area contributed by atoms with E-state index in [2.05, 4.69) is 25.0 Å². The smallest absolute Gasteiger partial charge is 0.387 e. The lowest BCUT2D eigenvalue weighted by molar-refractivity contribution is -0.0499. The van der Waals surface area contributed by atoms with E-state index in [4.69, 9.17) is 17.3 Å². The highest BCUT2D eigenvalue weighted by Gasteiger charge is 2.25. The summed E-state index contributed by atoms with van der Waals surface area (Å²) in [6, 6.07) is 6.07. The monoisotopic (exact) mass is 410 g/mol. The van der Waals surface area contributed by atoms with Gasteiger partial charge in [0.15, 0.2) is 11.6 Å². The summed E-state index contributed by atoms with van der Waals surface area (Å²) in [4.78, 5) is 14.8. The predicted octanol–water partition coefficient (Wildman–Crippen LogP) is 3.31. The highest BCUT2D eigenvalue weighted by atomic mass is 35.5. The molecule has 3 heterocycles. The van der Waals surface area contributed by atoms with Gasteiger partial charge in [-0.3, -0.25) is 0 Å². The van der Waals surface area contributed by atoms with E-state index in [1.54, 1.807) is 6.07 Å². The van der Waals surface area contributed by atoms with Gasteiger partial charge < -0.3 is 20.7 Å². The van der Waals surface area contributed by atoms with Crippen molar-refractivity contribution in [1.29, 1.82) is 0 Å². The molecule has 3 aromatic rings. The van der Waals surface area contributed by atoms with Crippen LogP contribution in [-0.4, -0.2) is 40.7 Å². The molecule has 0 atom stereocenters. The Labute approximate surface area is 162 Å². The Morgan fingerprint density at radius 3 is 2.71 bits per heavy atom. The first-order chi connectivity index (χ1) is 13.4. The number of halogens is 4. The molecule has 1 aliphatic heterocycles. The van der Waals surface area contributed by atoms with Crippen molar-refractivity contribution in [3.8, 4) is 5.75 Å². The summed E-state index contributed by atoms with van der Waals surface area (Å²) < 4.78 is 43.4. The second-order valence-corrected chi connectivity index (χ2v) is 6.55. The van der Waals surface area contributed by atoms with Crippen LogP contribution in [0.4, 0.5) is 30.5 Å². The average molecular weight is 411 g/mol. The summed E-state index contributed by atoms with van der Waals surface area (Å²) in [5.41, 5.74) is 6.71. The minimum atomic E-state index is -3.11. The van der Waals surface area contributed by atoms with Gasteiger partial charge in [-0.15, -0.1) is 0 Å². The number of hydrogen-bond donors (Lipinski definition) is 2. The molecule has 0 bridgehead atoms. The third kappa shape index (κ3) is 3.48. The molecule has 0 aliphatic carbocycles. The number of pyridine rings is 1. The first-order valence-electron chi connectivity index (χ1n) is 8.24. The number of nitrogens with two attached hydrogens (primary N) is 1. The highest BCUT2D eigenvalue weighted by molar-refractivity contribution is 6.32. The Hall–Kier alpha value is -2.85. The van der Waals surface area contributed by atoms with Crippen LogP contribution in [0.1, 0.15) is 0 Å². The van der Waals surface area contributed by atoms with Crippen LogP contribution in [0.5, 0.6) is 5.75 Å². The van der Waals surface area contributed by atoms with Gasteiger partial charge in [0.2, 0.25) is 0 Å². The van der Waals surface area contributed by atoms with Crippen molar-refractivity contribution >= 4 is 40.0 Å². The van der Waals surface area contributed by atoms with Gasteiger partial charge in [0.1, 0.15) is 28.4 Å². The van der Waals surface area contributed by atoms with Crippen LogP contribution >= 0.6 is 11.6 Å². The van der Waals surface area contributed by atoms with Crippen LogP contribution < -0.4 is 20.7 Å². The number of aromatic nitrogens is 3. The van der Waals surface area contributed by atoms with Crippen molar-refractivity contribution in [1.82, 2.24) is 15.0 Å². The van der Waals surface area contributed by atoms with Crippen molar-refractivity contribution in [2.45, 2.75) is 12.7 Å². The van der Waals surface area contributed by atoms with Crippen LogP contribution in [0.3, 0.4) is 0 Å². The Bertz CT molecular complexity index is 1030. The average Bonchev–Trinajstić information content (AvgIpc) is 2.65. The number of anilines is 3. The Morgan fingerprint density at radius 2 is 2.00 bits per heavy atom. The molecule has 3 N–H and O–H groups in total. The summed E-state index contributed by atoms with van der Waals surface area (Å²) in [5, 5.41) is 2.23. The zero-order valence-electron chi connectivity index (χ0n) is 14.2. The number of benzene rings is 1. The lowest BCUT2D eigenvalue weighted by Crippen LogP contribution is -2.56. The first-order valence-corrected chi connectivity index (χ1v) is 8.62. The molecule has 7 nitrogen and oxygen atoms in total. The molecule has 2 aromatic heterocycles. The van der Waals surface area contributed by atoms with Crippen molar-refractivity contribution in [3.63, 3.8) is 0 Å². The van der Waals surface area contributed by atoms with E-state index in [9.17, 15) is 13.2 Å². The van der Waals surface area contributed by atoms with Crippen molar-refractivity contribution in [2.24, 2.45) is 5.73 Å². The van der Waals surface area contributed by atoms with Gasteiger partial charge in [-0.05, 0) is 24.3 Å². The molecular weight excluding hydrogens is 397 g/mol. The predicted molar refractivity (Wildman–Crippen MR) is 98.8 cm³/mol. The Kier molecular flexibility index (Phi) is 4.82. The van der Waals surface area contributed by atoms with Gasteiger partial charge in [0.05, 0.1) is 11.2 Å². The number of nitrogens with one attached hydrogen (secondary N) is 1. The molecule has 1 saturated heterocycles. The fourth-order valence-electron chi connectivity index (χ4n) is 2.84. The third-order valence-electron chi connectivity index (χ3n) is 4.22. The molecule has 1 fully saturated rings. The van der Waals surface area contributed by atoms with E-state index in [1.165, 1.54) is 12.4 Å². The summed E-state index contributed by atoms with van der Waals surface area (Å²) in [7, 11) is 0. The third-order valence-corrected chi connectivity index (χ3v) is 4.57. The van der Waals surface area contributed by atoms with E-state index in [-0.39, 0.29) is 17.5 Å². The second kappa shape index (κ2) is 7.28. The molecule has 0 amide bonds. The number of nitrogens with zero attached hydrogens (tertiary/aromatic N) is 4. The largest absolute Gasteiger partial charge is 0.433 e. The molecule has 1 aliphatic rings. The van der Waals surface area contributed by atoms with Gasteiger partial charge in [0, 0.05) is 19.1 Å². The highest BCUT2D eigenvalue weighted by Crippen LogP contribution is 2.35. The topological polar surface area (TPSA) is 89.2 Å². The lowest BCUT2D eigenvalue weighted by atomic mass is 10.1. The maximum absolute atomic E-state index is 14.5. The van der Waals surface area contributed by atoms with E-state index >= 15 is 0 Å². The van der Waals surface area contributed by atoms with Gasteiger partial charge >= 0.3 is 6.61 Å². The van der Waals surface area contributed by atoms with E-state index in [0.29, 0.717) is 29.9 Å². The lowest BCUT2D eigenvalue weighted by Gasteiger charge is -2.37. The first kappa shape index (κ1) is 18.5. The van der Waals surface area contributed by atoms with Gasteiger partial charge in [0.25, 0.3) is 0 Å². The molecule has 0 radical (unpaired) electrons. The summed E-state index contributed by atoms with van der Waals surface area (Å²) >= 11 is 5.79. The van der Waals surface area contributed by atoms with Crippen LogP contribution in [0.25, 0.3) is 11.0 Å². The number of hydrogen-bond acceptors (Lipinski definition) is 7. The fraction of sp³-hybridized carbons (Fsp3) is 0.235. The molecular formula is C17H14ClF3N6O.